The van der Waals surface area contributed by atoms with Crippen molar-refractivity contribution in [3.63, 3.8) is 0 Å². The average Bonchev–Trinajstić information content (AvgIpc) is 2.47. The van der Waals surface area contributed by atoms with Crippen LogP contribution in [0.1, 0.15) is 37.8 Å². The number of benzene rings is 1. The van der Waals surface area contributed by atoms with Gasteiger partial charge in [0.2, 0.25) is 11.8 Å². The molecule has 3 N–H and O–H groups in total. The number of rotatable bonds is 5. The van der Waals surface area contributed by atoms with Gasteiger partial charge in [0.15, 0.2) is 0 Å². The summed E-state index contributed by atoms with van der Waals surface area (Å²) in [4.78, 5) is 23.5. The van der Waals surface area contributed by atoms with E-state index in [-0.39, 0.29) is 23.9 Å². The zero-order valence-electron chi connectivity index (χ0n) is 13.0. The highest BCUT2D eigenvalue weighted by Gasteiger charge is 2.25. The maximum absolute atomic E-state index is 13.9. The molecule has 2 amide bonds. The van der Waals surface area contributed by atoms with Crippen molar-refractivity contribution in [3.8, 4) is 0 Å². The quantitative estimate of drug-likeness (QED) is 0.766. The molecule has 7 heteroatoms. The lowest BCUT2D eigenvalue weighted by molar-refractivity contribution is -0.123. The number of carbonyl (C=O) groups excluding carboxylic acids is 2. The number of halogens is 2. The number of nitrogens with one attached hydrogen (secondary N) is 3. The molecule has 2 atom stereocenters. The topological polar surface area (TPSA) is 70.2 Å². The summed E-state index contributed by atoms with van der Waals surface area (Å²) in [5.41, 5.74) is -0.292. The summed E-state index contributed by atoms with van der Waals surface area (Å²) in [6, 6.07) is 2.42. The van der Waals surface area contributed by atoms with E-state index >= 15 is 0 Å². The first-order valence-corrected chi connectivity index (χ1v) is 7.68. The van der Waals surface area contributed by atoms with Crippen LogP contribution in [0.5, 0.6) is 0 Å². The molecule has 0 aromatic heterocycles. The zero-order chi connectivity index (χ0) is 16.8. The van der Waals surface area contributed by atoms with Gasteiger partial charge in [-0.05, 0) is 31.5 Å². The molecule has 1 aliphatic rings. The summed E-state index contributed by atoms with van der Waals surface area (Å²) in [5, 5.41) is 8.46. The summed E-state index contributed by atoms with van der Waals surface area (Å²) >= 11 is 0. The molecule has 1 aliphatic heterocycles. The third-order valence-electron chi connectivity index (χ3n) is 3.78. The van der Waals surface area contributed by atoms with Crippen molar-refractivity contribution >= 4 is 11.8 Å². The molecule has 0 radical (unpaired) electrons. The van der Waals surface area contributed by atoms with Gasteiger partial charge < -0.3 is 16.0 Å². The molecule has 1 unspecified atom stereocenters. The van der Waals surface area contributed by atoms with E-state index in [2.05, 4.69) is 16.0 Å². The Bertz CT molecular complexity index is 554. The minimum absolute atomic E-state index is 0.000282. The summed E-state index contributed by atoms with van der Waals surface area (Å²) < 4.78 is 27.9. The van der Waals surface area contributed by atoms with E-state index in [1.54, 1.807) is 0 Å². The monoisotopic (exact) mass is 325 g/mol. The van der Waals surface area contributed by atoms with Crippen LogP contribution < -0.4 is 16.0 Å². The third kappa shape index (κ3) is 4.99. The van der Waals surface area contributed by atoms with Crippen LogP contribution in [0.2, 0.25) is 0 Å². The molecular weight excluding hydrogens is 304 g/mol. The van der Waals surface area contributed by atoms with Crippen molar-refractivity contribution in [3.05, 3.63) is 35.4 Å². The minimum atomic E-state index is -1.04. The lowest BCUT2D eigenvalue weighted by atomic mass is 10.0. The van der Waals surface area contributed by atoms with E-state index in [0.29, 0.717) is 6.54 Å². The third-order valence-corrected chi connectivity index (χ3v) is 3.78. The molecular formula is C16H21F2N3O2. The van der Waals surface area contributed by atoms with E-state index in [1.807, 2.05) is 0 Å². The van der Waals surface area contributed by atoms with Crippen LogP contribution >= 0.6 is 0 Å². The van der Waals surface area contributed by atoms with Gasteiger partial charge in [0.1, 0.15) is 11.6 Å². The van der Waals surface area contributed by atoms with Crippen LogP contribution in [-0.4, -0.2) is 30.9 Å². The Morgan fingerprint density at radius 3 is 2.61 bits per heavy atom. The normalized spacial score (nSPS) is 19.0. The second-order valence-corrected chi connectivity index (χ2v) is 5.70. The Hall–Kier alpha value is -2.02. The highest BCUT2D eigenvalue weighted by atomic mass is 19.1. The van der Waals surface area contributed by atoms with Crippen molar-refractivity contribution in [2.45, 2.75) is 38.3 Å². The lowest BCUT2D eigenvalue weighted by Gasteiger charge is -2.25. The van der Waals surface area contributed by atoms with Gasteiger partial charge in [0, 0.05) is 25.1 Å². The predicted molar refractivity (Wildman–Crippen MR) is 81.6 cm³/mol. The van der Waals surface area contributed by atoms with Crippen molar-refractivity contribution in [1.29, 1.82) is 0 Å². The highest BCUT2D eigenvalue weighted by molar-refractivity contribution is 5.79. The lowest BCUT2D eigenvalue weighted by Crippen LogP contribution is -2.46. The van der Waals surface area contributed by atoms with Crippen molar-refractivity contribution < 1.29 is 18.4 Å². The highest BCUT2D eigenvalue weighted by Crippen LogP contribution is 2.23. The molecule has 0 saturated carbocycles. The Balaban J connectivity index is 2.09. The van der Waals surface area contributed by atoms with Crippen LogP contribution in [-0.2, 0) is 9.59 Å². The van der Waals surface area contributed by atoms with E-state index < -0.39 is 23.6 Å². The predicted octanol–water partition coefficient (Wildman–Crippen LogP) is 1.40. The number of hydrogen-bond acceptors (Lipinski definition) is 3. The zero-order valence-corrected chi connectivity index (χ0v) is 13.0. The van der Waals surface area contributed by atoms with Crippen LogP contribution in [0.15, 0.2) is 18.2 Å². The maximum Gasteiger partial charge on any atom is 0.222 e. The summed E-state index contributed by atoms with van der Waals surface area (Å²) in [6.07, 6.45) is 1.60. The SMILES string of the molecule is CC(=O)NC(CC(=O)N[C@H]1CCCNC1)c1c(F)cccc1F. The fraction of sp³-hybridized carbons (Fsp3) is 0.500. The second kappa shape index (κ2) is 8.01. The van der Waals surface area contributed by atoms with E-state index in [4.69, 9.17) is 0 Å². The van der Waals surface area contributed by atoms with Gasteiger partial charge in [-0.25, -0.2) is 8.78 Å². The van der Waals surface area contributed by atoms with E-state index in [9.17, 15) is 18.4 Å². The van der Waals surface area contributed by atoms with Gasteiger partial charge in [-0.3, -0.25) is 9.59 Å². The van der Waals surface area contributed by atoms with Gasteiger partial charge in [0.25, 0.3) is 0 Å². The first kappa shape index (κ1) is 17.3. The van der Waals surface area contributed by atoms with Crippen LogP contribution in [0, 0.1) is 11.6 Å². The molecule has 1 aromatic carbocycles. The van der Waals surface area contributed by atoms with Crippen LogP contribution in [0.3, 0.4) is 0 Å². The Labute approximate surface area is 133 Å². The molecule has 126 valence electrons. The second-order valence-electron chi connectivity index (χ2n) is 5.70. The van der Waals surface area contributed by atoms with Gasteiger partial charge >= 0.3 is 0 Å². The fourth-order valence-corrected chi connectivity index (χ4v) is 2.76. The van der Waals surface area contributed by atoms with Crippen molar-refractivity contribution in [2.75, 3.05) is 13.1 Å². The van der Waals surface area contributed by atoms with Gasteiger partial charge in [-0.15, -0.1) is 0 Å². The Morgan fingerprint density at radius 1 is 1.35 bits per heavy atom. The Kier molecular flexibility index (Phi) is 6.04. The molecule has 1 aromatic rings. The largest absolute Gasteiger partial charge is 0.352 e. The van der Waals surface area contributed by atoms with Crippen LogP contribution in [0.4, 0.5) is 8.78 Å². The molecule has 1 fully saturated rings. The Morgan fingerprint density at radius 2 is 2.04 bits per heavy atom. The maximum atomic E-state index is 13.9. The molecule has 0 bridgehead atoms. The molecule has 23 heavy (non-hydrogen) atoms. The van der Waals surface area contributed by atoms with Crippen LogP contribution in [0.25, 0.3) is 0 Å². The smallest absolute Gasteiger partial charge is 0.222 e. The van der Waals surface area contributed by atoms with E-state index in [0.717, 1.165) is 31.5 Å². The van der Waals surface area contributed by atoms with Crippen molar-refractivity contribution in [2.24, 2.45) is 0 Å². The molecule has 0 spiro atoms. The minimum Gasteiger partial charge on any atom is -0.352 e. The first-order chi connectivity index (χ1) is 11.0. The standard InChI is InChI=1S/C16H21F2N3O2/c1-10(22)20-14(16-12(17)5-2-6-13(16)18)8-15(23)21-11-4-3-7-19-9-11/h2,5-6,11,14,19H,3-4,7-9H2,1H3,(H,20,22)(H,21,23)/t11-,14?/m0/s1. The van der Waals surface area contributed by atoms with Gasteiger partial charge in [0.05, 0.1) is 12.5 Å². The summed E-state index contributed by atoms with van der Waals surface area (Å²) in [5.74, 6) is -2.36. The fourth-order valence-electron chi connectivity index (χ4n) is 2.76. The average molecular weight is 325 g/mol. The molecule has 2 rings (SSSR count). The van der Waals surface area contributed by atoms with Crippen molar-refractivity contribution in [1.82, 2.24) is 16.0 Å². The number of hydrogen-bond donors (Lipinski definition) is 3. The summed E-state index contributed by atoms with van der Waals surface area (Å²) in [7, 11) is 0. The van der Waals surface area contributed by atoms with E-state index in [1.165, 1.54) is 13.0 Å². The molecule has 1 saturated heterocycles. The molecule has 1 heterocycles. The molecule has 0 aliphatic carbocycles. The number of amides is 2. The number of piperidine rings is 1. The number of carbonyl (C=O) groups is 2. The van der Waals surface area contributed by atoms with Gasteiger partial charge in [-0.2, -0.15) is 0 Å². The summed E-state index contributed by atoms with van der Waals surface area (Å²) in [6.45, 7) is 2.83. The first-order valence-electron chi connectivity index (χ1n) is 7.68. The molecule has 5 nitrogen and oxygen atoms in total. The van der Waals surface area contributed by atoms with Gasteiger partial charge in [-0.1, -0.05) is 6.07 Å².